The predicted molar refractivity (Wildman–Crippen MR) is 80.8 cm³/mol. The largest absolute Gasteiger partial charge is 0.381 e. The monoisotopic (exact) mass is 303 g/mol. The van der Waals surface area contributed by atoms with Crippen LogP contribution in [0.3, 0.4) is 0 Å². The van der Waals surface area contributed by atoms with E-state index < -0.39 is 0 Å². The Kier molecular flexibility index (Phi) is 3.67. The van der Waals surface area contributed by atoms with Gasteiger partial charge >= 0.3 is 0 Å². The van der Waals surface area contributed by atoms with Gasteiger partial charge in [0.25, 0.3) is 5.78 Å². The molecule has 1 atom stereocenters. The third-order valence-electron chi connectivity index (χ3n) is 4.34. The molecule has 0 amide bonds. The molecule has 1 aliphatic heterocycles. The van der Waals surface area contributed by atoms with E-state index in [0.29, 0.717) is 24.3 Å². The van der Waals surface area contributed by atoms with Gasteiger partial charge in [-0.05, 0) is 19.3 Å². The Bertz CT molecular complexity index is 648. The summed E-state index contributed by atoms with van der Waals surface area (Å²) in [5.74, 6) is 2.31. The first kappa shape index (κ1) is 13.9. The number of fused-ring (bicyclic) bond motifs is 1. The zero-order valence-electron chi connectivity index (χ0n) is 12.8. The molecule has 0 N–H and O–H groups in total. The first-order valence-electron chi connectivity index (χ1n) is 7.88. The molecule has 1 saturated heterocycles. The molecular weight excluding hydrogens is 282 g/mol. The molecule has 4 rings (SSSR count). The highest BCUT2D eigenvalue weighted by Gasteiger charge is 2.33. The van der Waals surface area contributed by atoms with E-state index in [-0.39, 0.29) is 0 Å². The van der Waals surface area contributed by atoms with Crippen molar-refractivity contribution in [2.75, 3.05) is 31.8 Å². The van der Waals surface area contributed by atoms with Crippen LogP contribution >= 0.6 is 0 Å². The number of hydrogen-bond donors (Lipinski definition) is 0. The molecule has 2 aliphatic rings. The van der Waals surface area contributed by atoms with E-state index in [1.54, 1.807) is 13.4 Å². The molecule has 0 bridgehead atoms. The average molecular weight is 303 g/mol. The number of methoxy groups -OCH3 is 1. The Labute approximate surface area is 129 Å². The molecule has 7 nitrogen and oxygen atoms in total. The van der Waals surface area contributed by atoms with Gasteiger partial charge < -0.3 is 14.4 Å². The average Bonchev–Trinajstić information content (AvgIpc) is 3.03. The van der Waals surface area contributed by atoms with E-state index >= 15 is 0 Å². The van der Waals surface area contributed by atoms with Crippen molar-refractivity contribution in [3.63, 3.8) is 0 Å². The molecular formula is C15H21N5O2. The van der Waals surface area contributed by atoms with Gasteiger partial charge in [0.1, 0.15) is 12.1 Å². The minimum absolute atomic E-state index is 0.488. The van der Waals surface area contributed by atoms with Crippen LogP contribution in [0, 0.1) is 5.92 Å². The molecule has 118 valence electrons. The number of rotatable bonds is 6. The van der Waals surface area contributed by atoms with Gasteiger partial charge in [0.05, 0.1) is 18.9 Å². The lowest BCUT2D eigenvalue weighted by Gasteiger charge is -2.27. The first-order chi connectivity index (χ1) is 10.8. The van der Waals surface area contributed by atoms with Gasteiger partial charge in [0.2, 0.25) is 0 Å². The zero-order valence-corrected chi connectivity index (χ0v) is 12.8. The summed E-state index contributed by atoms with van der Waals surface area (Å²) in [4.78, 5) is 11.2. The van der Waals surface area contributed by atoms with Crippen LogP contribution in [-0.2, 0) is 16.1 Å². The van der Waals surface area contributed by atoms with Crippen LogP contribution in [0.5, 0.6) is 0 Å². The van der Waals surface area contributed by atoms with Crippen molar-refractivity contribution in [3.05, 3.63) is 18.1 Å². The summed E-state index contributed by atoms with van der Waals surface area (Å²) in [6.45, 7) is 3.24. The minimum atomic E-state index is 0.488. The van der Waals surface area contributed by atoms with E-state index in [0.717, 1.165) is 37.7 Å². The molecule has 2 aromatic heterocycles. The SMILES string of the molecule is COCc1cc(N(CC2CCOC2)C2CC2)n2ncnc2n1. The smallest absolute Gasteiger partial charge is 0.254 e. The second-order valence-corrected chi connectivity index (χ2v) is 6.12. The summed E-state index contributed by atoms with van der Waals surface area (Å²) in [6, 6.07) is 2.69. The van der Waals surface area contributed by atoms with Crippen LogP contribution in [0.1, 0.15) is 25.0 Å². The number of anilines is 1. The maximum atomic E-state index is 5.53. The Hall–Kier alpha value is -1.73. The second kappa shape index (κ2) is 5.81. The van der Waals surface area contributed by atoms with Crippen molar-refractivity contribution in [1.82, 2.24) is 19.6 Å². The fourth-order valence-corrected chi connectivity index (χ4v) is 3.09. The van der Waals surface area contributed by atoms with Gasteiger partial charge in [0.15, 0.2) is 0 Å². The van der Waals surface area contributed by atoms with Gasteiger partial charge in [-0.3, -0.25) is 0 Å². The van der Waals surface area contributed by atoms with Crippen molar-refractivity contribution < 1.29 is 9.47 Å². The maximum absolute atomic E-state index is 5.53. The molecule has 0 radical (unpaired) electrons. The van der Waals surface area contributed by atoms with E-state index in [4.69, 9.17) is 9.47 Å². The first-order valence-corrected chi connectivity index (χ1v) is 7.88. The number of hydrogen-bond acceptors (Lipinski definition) is 6. The molecule has 2 aromatic rings. The van der Waals surface area contributed by atoms with Crippen LogP contribution in [0.25, 0.3) is 5.78 Å². The Morgan fingerprint density at radius 1 is 1.41 bits per heavy atom. The van der Waals surface area contributed by atoms with E-state index in [2.05, 4.69) is 26.0 Å². The Balaban J connectivity index is 1.70. The summed E-state index contributed by atoms with van der Waals surface area (Å²) in [6.07, 6.45) is 5.18. The van der Waals surface area contributed by atoms with Crippen molar-refractivity contribution in [2.45, 2.75) is 31.9 Å². The third kappa shape index (κ3) is 2.66. The molecule has 2 fully saturated rings. The third-order valence-corrected chi connectivity index (χ3v) is 4.34. The second-order valence-electron chi connectivity index (χ2n) is 6.12. The van der Waals surface area contributed by atoms with Gasteiger partial charge in [-0.1, -0.05) is 0 Å². The summed E-state index contributed by atoms with van der Waals surface area (Å²) in [5.41, 5.74) is 0.895. The molecule has 7 heteroatoms. The molecule has 1 aliphatic carbocycles. The Morgan fingerprint density at radius 2 is 2.32 bits per heavy atom. The van der Waals surface area contributed by atoms with Crippen LogP contribution in [-0.4, -0.2) is 52.5 Å². The van der Waals surface area contributed by atoms with Crippen LogP contribution < -0.4 is 4.90 Å². The summed E-state index contributed by atoms with van der Waals surface area (Å²) < 4.78 is 12.6. The highest BCUT2D eigenvalue weighted by Crippen LogP contribution is 2.33. The number of ether oxygens (including phenoxy) is 2. The van der Waals surface area contributed by atoms with E-state index in [1.165, 1.54) is 12.8 Å². The fraction of sp³-hybridized carbons (Fsp3) is 0.667. The van der Waals surface area contributed by atoms with Gasteiger partial charge in [-0.25, -0.2) is 4.98 Å². The summed E-state index contributed by atoms with van der Waals surface area (Å²) >= 11 is 0. The van der Waals surface area contributed by atoms with E-state index in [1.807, 2.05) is 4.52 Å². The lowest BCUT2D eigenvalue weighted by molar-refractivity contribution is 0.181. The molecule has 1 unspecified atom stereocenters. The molecule has 0 spiro atoms. The highest BCUT2D eigenvalue weighted by molar-refractivity contribution is 5.49. The summed E-state index contributed by atoms with van der Waals surface area (Å²) in [7, 11) is 1.68. The standard InChI is InChI=1S/C15H21N5O2/c1-21-9-12-6-14(20-15(18-12)16-10-17-20)19(13-2-3-13)7-11-4-5-22-8-11/h6,10-11,13H,2-5,7-9H2,1H3. The lowest BCUT2D eigenvalue weighted by Crippen LogP contribution is -2.33. The molecule has 0 aromatic carbocycles. The van der Waals surface area contributed by atoms with Gasteiger partial charge in [-0.15, -0.1) is 0 Å². The minimum Gasteiger partial charge on any atom is -0.381 e. The van der Waals surface area contributed by atoms with Crippen LogP contribution in [0.15, 0.2) is 12.4 Å². The summed E-state index contributed by atoms with van der Waals surface area (Å²) in [5, 5.41) is 4.35. The van der Waals surface area contributed by atoms with E-state index in [9.17, 15) is 0 Å². The van der Waals surface area contributed by atoms with Crippen molar-refractivity contribution in [3.8, 4) is 0 Å². The van der Waals surface area contributed by atoms with Crippen molar-refractivity contribution >= 4 is 11.6 Å². The van der Waals surface area contributed by atoms with Crippen LogP contribution in [0.2, 0.25) is 0 Å². The lowest BCUT2D eigenvalue weighted by atomic mass is 10.1. The zero-order chi connectivity index (χ0) is 14.9. The number of nitrogens with zero attached hydrogens (tertiary/aromatic N) is 5. The normalized spacial score (nSPS) is 21.6. The van der Waals surface area contributed by atoms with Crippen LogP contribution in [0.4, 0.5) is 5.82 Å². The van der Waals surface area contributed by atoms with Crippen molar-refractivity contribution in [2.24, 2.45) is 5.92 Å². The van der Waals surface area contributed by atoms with Gasteiger partial charge in [0, 0.05) is 38.3 Å². The maximum Gasteiger partial charge on any atom is 0.254 e. The fourth-order valence-electron chi connectivity index (χ4n) is 3.09. The predicted octanol–water partition coefficient (Wildman–Crippen LogP) is 1.28. The number of aromatic nitrogens is 4. The quantitative estimate of drug-likeness (QED) is 0.801. The molecule has 3 heterocycles. The Morgan fingerprint density at radius 3 is 3.05 bits per heavy atom. The van der Waals surface area contributed by atoms with Crippen molar-refractivity contribution in [1.29, 1.82) is 0 Å². The molecule has 22 heavy (non-hydrogen) atoms. The van der Waals surface area contributed by atoms with Gasteiger partial charge in [-0.2, -0.15) is 14.6 Å². The highest BCUT2D eigenvalue weighted by atomic mass is 16.5. The molecule has 1 saturated carbocycles. The topological polar surface area (TPSA) is 64.8 Å².